The van der Waals surface area contributed by atoms with Gasteiger partial charge in [0.1, 0.15) is 0 Å². The van der Waals surface area contributed by atoms with E-state index in [0.29, 0.717) is 17.5 Å². The highest BCUT2D eigenvalue weighted by atomic mass is 32.2. The summed E-state index contributed by atoms with van der Waals surface area (Å²) in [4.78, 5) is 0. The molecule has 2 rings (SSSR count). The highest BCUT2D eigenvalue weighted by molar-refractivity contribution is 8.13. The van der Waals surface area contributed by atoms with Gasteiger partial charge in [0.05, 0.1) is 5.04 Å². The van der Waals surface area contributed by atoms with Gasteiger partial charge in [-0.05, 0) is 18.5 Å². The number of rotatable bonds is 1. The molecule has 0 saturated carbocycles. The molecule has 3 nitrogen and oxygen atoms in total. The Morgan fingerprint density at radius 2 is 2.07 bits per heavy atom. The summed E-state index contributed by atoms with van der Waals surface area (Å²) >= 11 is 1.35. The van der Waals surface area contributed by atoms with Crippen LogP contribution in [0.15, 0.2) is 30.3 Å². The van der Waals surface area contributed by atoms with Crippen molar-refractivity contribution in [1.82, 2.24) is 5.06 Å². The number of nitrogens with zero attached hydrogens (tertiary/aromatic N) is 1. The lowest BCUT2D eigenvalue weighted by Gasteiger charge is -2.24. The van der Waals surface area contributed by atoms with Crippen LogP contribution in [0.5, 0.6) is 0 Å². The fourth-order valence-corrected chi connectivity index (χ4v) is 2.58. The molecule has 0 radical (unpaired) electrons. The van der Waals surface area contributed by atoms with Crippen molar-refractivity contribution in [3.8, 4) is 0 Å². The second-order valence-electron chi connectivity index (χ2n) is 3.60. The van der Waals surface area contributed by atoms with E-state index in [-0.39, 0.29) is 5.92 Å². The van der Waals surface area contributed by atoms with E-state index < -0.39 is 0 Å². The third-order valence-electron chi connectivity index (χ3n) is 2.55. The van der Waals surface area contributed by atoms with Crippen LogP contribution in [0.25, 0.3) is 0 Å². The highest BCUT2D eigenvalue weighted by Gasteiger charge is 2.20. The fraction of sp³-hybridized carbons (Fsp3) is 0.364. The van der Waals surface area contributed by atoms with Gasteiger partial charge in [0, 0.05) is 11.8 Å². The normalized spacial score (nSPS) is 23.8. The molecule has 0 aliphatic carbocycles. The van der Waals surface area contributed by atoms with Crippen molar-refractivity contribution in [2.45, 2.75) is 12.3 Å². The van der Waals surface area contributed by atoms with E-state index in [4.69, 9.17) is 5.41 Å². The maximum Gasteiger partial charge on any atom is 0.0729 e. The van der Waals surface area contributed by atoms with Gasteiger partial charge in [0.25, 0.3) is 0 Å². The summed E-state index contributed by atoms with van der Waals surface area (Å²) < 4.78 is 0. The van der Waals surface area contributed by atoms with Crippen molar-refractivity contribution >= 4 is 16.8 Å². The van der Waals surface area contributed by atoms with Gasteiger partial charge in [0.15, 0.2) is 0 Å². The van der Waals surface area contributed by atoms with Crippen LogP contribution in [-0.4, -0.2) is 22.5 Å². The molecule has 1 unspecified atom stereocenters. The first kappa shape index (κ1) is 10.7. The Hall–Kier alpha value is -0.840. The second-order valence-corrected chi connectivity index (χ2v) is 4.58. The molecule has 1 aliphatic heterocycles. The summed E-state index contributed by atoms with van der Waals surface area (Å²) in [6, 6.07) is 9.98. The first-order valence-electron chi connectivity index (χ1n) is 4.95. The quantitative estimate of drug-likeness (QED) is 0.793. The van der Waals surface area contributed by atoms with Gasteiger partial charge in [-0.25, -0.2) is 0 Å². The highest BCUT2D eigenvalue weighted by Crippen LogP contribution is 2.29. The van der Waals surface area contributed by atoms with Crippen LogP contribution in [0.3, 0.4) is 0 Å². The Labute approximate surface area is 93.6 Å². The SMILES string of the molecule is N=C1SCN([O-])CCC1c1ccccc1. The van der Waals surface area contributed by atoms with Crippen molar-refractivity contribution in [2.75, 3.05) is 12.4 Å². The monoisotopic (exact) mass is 221 g/mol. The third kappa shape index (κ3) is 2.59. The van der Waals surface area contributed by atoms with Crippen LogP contribution in [0.1, 0.15) is 17.9 Å². The molecule has 0 spiro atoms. The third-order valence-corrected chi connectivity index (χ3v) is 3.56. The molecule has 80 valence electrons. The zero-order valence-corrected chi connectivity index (χ0v) is 9.17. The van der Waals surface area contributed by atoms with E-state index in [0.717, 1.165) is 17.0 Å². The van der Waals surface area contributed by atoms with Crippen molar-refractivity contribution in [2.24, 2.45) is 0 Å². The topological polar surface area (TPSA) is 50.2 Å². The maximum absolute atomic E-state index is 11.2. The van der Waals surface area contributed by atoms with Crippen molar-refractivity contribution in [3.05, 3.63) is 41.1 Å². The summed E-state index contributed by atoms with van der Waals surface area (Å²) in [5.74, 6) is 0.498. The predicted octanol–water partition coefficient (Wildman–Crippen LogP) is 2.64. The van der Waals surface area contributed by atoms with Crippen LogP contribution >= 0.6 is 11.8 Å². The van der Waals surface area contributed by atoms with Crippen LogP contribution in [0.2, 0.25) is 0 Å². The van der Waals surface area contributed by atoms with Crippen LogP contribution in [0, 0.1) is 10.6 Å². The Bertz CT molecular complexity index is 342. The zero-order chi connectivity index (χ0) is 10.7. The minimum absolute atomic E-state index is 0.107. The molecule has 1 aromatic carbocycles. The van der Waals surface area contributed by atoms with E-state index in [1.807, 2.05) is 30.3 Å². The van der Waals surface area contributed by atoms with Gasteiger partial charge in [-0.1, -0.05) is 42.1 Å². The number of benzene rings is 1. The standard InChI is InChI=1S/C11H13N2OS/c12-11-10(6-7-13(14)8-15-11)9-4-2-1-3-5-9/h1-5,10,12H,6-8H2/q-1. The molecule has 1 fully saturated rings. The summed E-state index contributed by atoms with van der Waals surface area (Å²) in [5, 5.41) is 20.8. The lowest BCUT2D eigenvalue weighted by molar-refractivity contribution is 0.431. The average Bonchev–Trinajstić information content (AvgIpc) is 2.43. The molecule has 1 atom stereocenters. The van der Waals surface area contributed by atoms with Gasteiger partial charge in [0.2, 0.25) is 0 Å². The summed E-state index contributed by atoms with van der Waals surface area (Å²) in [5.41, 5.74) is 1.14. The molecule has 1 aliphatic rings. The van der Waals surface area contributed by atoms with E-state index >= 15 is 0 Å². The van der Waals surface area contributed by atoms with Crippen LogP contribution in [-0.2, 0) is 0 Å². The molecular weight excluding hydrogens is 208 g/mol. The van der Waals surface area contributed by atoms with E-state index in [2.05, 4.69) is 0 Å². The Morgan fingerprint density at radius 3 is 2.80 bits per heavy atom. The van der Waals surface area contributed by atoms with Gasteiger partial charge in [-0.2, -0.15) is 0 Å². The number of hydrogen-bond donors (Lipinski definition) is 1. The molecule has 1 N–H and O–H groups in total. The van der Waals surface area contributed by atoms with E-state index in [1.54, 1.807) is 0 Å². The minimum atomic E-state index is 0.107. The van der Waals surface area contributed by atoms with E-state index in [1.165, 1.54) is 11.8 Å². The first-order chi connectivity index (χ1) is 7.27. The lowest BCUT2D eigenvalue weighted by Crippen LogP contribution is -2.15. The lowest BCUT2D eigenvalue weighted by atomic mass is 9.97. The number of nitrogens with one attached hydrogen (secondary N) is 1. The molecule has 1 aromatic rings. The van der Waals surface area contributed by atoms with Crippen LogP contribution < -0.4 is 0 Å². The van der Waals surface area contributed by atoms with Crippen molar-refractivity contribution in [1.29, 1.82) is 5.41 Å². The zero-order valence-electron chi connectivity index (χ0n) is 8.35. The number of hydrogen-bond acceptors (Lipinski definition) is 4. The Kier molecular flexibility index (Phi) is 3.41. The largest absolute Gasteiger partial charge is 0.785 e. The predicted molar refractivity (Wildman–Crippen MR) is 64.1 cm³/mol. The molecule has 15 heavy (non-hydrogen) atoms. The molecule has 1 saturated heterocycles. The minimum Gasteiger partial charge on any atom is -0.785 e. The Balaban J connectivity index is 2.17. The molecule has 0 amide bonds. The molecule has 0 aromatic heterocycles. The first-order valence-corrected chi connectivity index (χ1v) is 5.94. The van der Waals surface area contributed by atoms with Gasteiger partial charge in [-0.15, -0.1) is 0 Å². The number of thioether (sulfide) groups is 1. The average molecular weight is 221 g/mol. The fourth-order valence-electron chi connectivity index (χ4n) is 1.71. The smallest absolute Gasteiger partial charge is 0.0729 e. The summed E-state index contributed by atoms with van der Waals surface area (Å²) in [6.45, 7) is 0.523. The van der Waals surface area contributed by atoms with Crippen molar-refractivity contribution in [3.63, 3.8) is 0 Å². The van der Waals surface area contributed by atoms with Gasteiger partial charge in [-0.3, -0.25) is 5.41 Å². The molecule has 1 heterocycles. The second kappa shape index (κ2) is 4.79. The maximum atomic E-state index is 11.2. The van der Waals surface area contributed by atoms with E-state index in [9.17, 15) is 5.21 Å². The molecular formula is C11H13N2OS-. The van der Waals surface area contributed by atoms with Gasteiger partial charge >= 0.3 is 0 Å². The van der Waals surface area contributed by atoms with Crippen molar-refractivity contribution < 1.29 is 0 Å². The molecule has 4 heteroatoms. The summed E-state index contributed by atoms with van der Waals surface area (Å²) in [7, 11) is 0. The van der Waals surface area contributed by atoms with Gasteiger partial charge < -0.3 is 10.3 Å². The number of hydroxylamine groups is 2. The summed E-state index contributed by atoms with van der Waals surface area (Å²) in [6.07, 6.45) is 0.749. The van der Waals surface area contributed by atoms with Crippen LogP contribution in [0.4, 0.5) is 0 Å². The Morgan fingerprint density at radius 1 is 1.33 bits per heavy atom. The molecule has 0 bridgehead atoms.